The van der Waals surface area contributed by atoms with Crippen molar-refractivity contribution in [3.63, 3.8) is 0 Å². The van der Waals surface area contributed by atoms with E-state index in [0.29, 0.717) is 18.0 Å². The van der Waals surface area contributed by atoms with Crippen LogP contribution in [0.25, 0.3) is 0 Å². The highest BCUT2D eigenvalue weighted by atomic mass is 16.2. The lowest BCUT2D eigenvalue weighted by molar-refractivity contribution is -0.133. The van der Waals surface area contributed by atoms with Gasteiger partial charge in [-0.2, -0.15) is 0 Å². The third kappa shape index (κ3) is 4.86. The Morgan fingerprint density at radius 2 is 1.96 bits per heavy atom. The average molecular weight is 358 g/mol. The van der Waals surface area contributed by atoms with Crippen LogP contribution in [0.3, 0.4) is 0 Å². The monoisotopic (exact) mass is 357 g/mol. The van der Waals surface area contributed by atoms with E-state index in [4.69, 9.17) is 0 Å². The minimum absolute atomic E-state index is 0.366. The van der Waals surface area contributed by atoms with Gasteiger partial charge in [-0.05, 0) is 64.1 Å². The molecule has 1 N–H and O–H groups in total. The second kappa shape index (κ2) is 9.52. The second-order valence-corrected chi connectivity index (χ2v) is 7.94. The molecule has 0 bridgehead atoms. The Hall–Kier alpha value is -1.39. The summed E-state index contributed by atoms with van der Waals surface area (Å²) in [4.78, 5) is 17.5. The third-order valence-corrected chi connectivity index (χ3v) is 6.35. The van der Waals surface area contributed by atoms with Gasteiger partial charge in [-0.3, -0.25) is 9.69 Å². The lowest BCUT2D eigenvalue weighted by Crippen LogP contribution is -2.42. The summed E-state index contributed by atoms with van der Waals surface area (Å²) in [6.45, 7) is 9.57. The number of hydrogen-bond donors (Lipinski definition) is 1. The average Bonchev–Trinajstić information content (AvgIpc) is 3.17. The fourth-order valence-electron chi connectivity index (χ4n) is 4.60. The summed E-state index contributed by atoms with van der Waals surface area (Å²) in [6, 6.07) is 11.5. The van der Waals surface area contributed by atoms with Crippen molar-refractivity contribution in [3.8, 4) is 0 Å². The van der Waals surface area contributed by atoms with Gasteiger partial charge in [-0.25, -0.2) is 0 Å². The van der Waals surface area contributed by atoms with Crippen LogP contribution in [-0.2, 0) is 4.79 Å². The zero-order valence-corrected chi connectivity index (χ0v) is 16.5. The van der Waals surface area contributed by atoms with Crippen LogP contribution in [0.2, 0.25) is 0 Å². The summed E-state index contributed by atoms with van der Waals surface area (Å²) in [6.07, 6.45) is 5.34. The first-order valence-corrected chi connectivity index (χ1v) is 10.5. The van der Waals surface area contributed by atoms with Gasteiger partial charge in [0.2, 0.25) is 5.91 Å². The molecule has 0 aromatic heterocycles. The summed E-state index contributed by atoms with van der Waals surface area (Å²) >= 11 is 0. The van der Waals surface area contributed by atoms with Crippen LogP contribution in [0.5, 0.6) is 0 Å². The number of likely N-dealkylation sites (tertiary alicyclic amines) is 1. The molecule has 4 heteroatoms. The summed E-state index contributed by atoms with van der Waals surface area (Å²) in [5.41, 5.74) is 1.37. The van der Waals surface area contributed by atoms with E-state index < -0.39 is 0 Å². The number of benzene rings is 1. The second-order valence-electron chi connectivity index (χ2n) is 7.94. The molecule has 3 rings (SSSR count). The van der Waals surface area contributed by atoms with Crippen LogP contribution in [0.1, 0.15) is 57.6 Å². The van der Waals surface area contributed by atoms with Gasteiger partial charge in [-0.1, -0.05) is 30.3 Å². The maximum Gasteiger partial charge on any atom is 0.222 e. The Balaban J connectivity index is 1.51. The minimum atomic E-state index is 0.366. The summed E-state index contributed by atoms with van der Waals surface area (Å²) < 4.78 is 0. The molecule has 2 aliphatic rings. The zero-order chi connectivity index (χ0) is 18.4. The molecular weight excluding hydrogens is 322 g/mol. The molecule has 2 heterocycles. The van der Waals surface area contributed by atoms with Crippen LogP contribution < -0.4 is 5.32 Å². The van der Waals surface area contributed by atoms with Gasteiger partial charge in [0.05, 0.1) is 0 Å². The van der Waals surface area contributed by atoms with E-state index >= 15 is 0 Å². The topological polar surface area (TPSA) is 35.6 Å². The molecule has 1 amide bonds. The third-order valence-electron chi connectivity index (χ3n) is 6.35. The zero-order valence-electron chi connectivity index (χ0n) is 16.5. The fourth-order valence-corrected chi connectivity index (χ4v) is 4.60. The highest BCUT2D eigenvalue weighted by Gasteiger charge is 2.32. The SMILES string of the molecule is CCN(C(=O)CCC1CCNCC1)C1CCN(C(C)c2ccccc2)C1. The summed E-state index contributed by atoms with van der Waals surface area (Å²) in [5, 5.41) is 3.41. The first kappa shape index (κ1) is 19.4. The molecule has 144 valence electrons. The molecule has 2 aliphatic heterocycles. The molecule has 0 radical (unpaired) electrons. The lowest BCUT2D eigenvalue weighted by atomic mass is 9.93. The highest BCUT2D eigenvalue weighted by molar-refractivity contribution is 5.76. The predicted octanol–water partition coefficient (Wildman–Crippen LogP) is 3.45. The number of nitrogens with one attached hydrogen (secondary N) is 1. The molecular formula is C22H35N3O. The number of piperidine rings is 1. The standard InChI is InChI=1S/C22H35N3O/c1-3-25(22(26)10-9-19-11-14-23-15-12-19)21-13-16-24(17-21)18(2)20-7-5-4-6-8-20/h4-8,18-19,21,23H,3,9-17H2,1-2H3. The first-order chi connectivity index (χ1) is 12.7. The van der Waals surface area contributed by atoms with E-state index in [-0.39, 0.29) is 0 Å². The molecule has 2 fully saturated rings. The van der Waals surface area contributed by atoms with Gasteiger partial charge >= 0.3 is 0 Å². The molecule has 4 nitrogen and oxygen atoms in total. The summed E-state index contributed by atoms with van der Waals surface area (Å²) in [7, 11) is 0. The number of amides is 1. The van der Waals surface area contributed by atoms with Crippen LogP contribution in [0.4, 0.5) is 0 Å². The van der Waals surface area contributed by atoms with E-state index in [9.17, 15) is 4.79 Å². The number of nitrogens with zero attached hydrogens (tertiary/aromatic N) is 2. The Bertz CT molecular complexity index is 556. The van der Waals surface area contributed by atoms with Gasteiger partial charge in [0.1, 0.15) is 0 Å². The highest BCUT2D eigenvalue weighted by Crippen LogP contribution is 2.27. The van der Waals surface area contributed by atoms with Gasteiger partial charge in [0.25, 0.3) is 0 Å². The van der Waals surface area contributed by atoms with Crippen LogP contribution in [-0.4, -0.2) is 54.5 Å². The number of likely N-dealkylation sites (N-methyl/N-ethyl adjacent to an activating group) is 1. The molecule has 2 unspecified atom stereocenters. The number of carbonyl (C=O) groups is 1. The minimum Gasteiger partial charge on any atom is -0.339 e. The van der Waals surface area contributed by atoms with Crippen molar-refractivity contribution in [2.24, 2.45) is 5.92 Å². The van der Waals surface area contributed by atoms with Gasteiger partial charge < -0.3 is 10.2 Å². The van der Waals surface area contributed by atoms with E-state index in [0.717, 1.165) is 57.9 Å². The van der Waals surface area contributed by atoms with Crippen LogP contribution >= 0.6 is 0 Å². The van der Waals surface area contributed by atoms with Crippen LogP contribution in [0, 0.1) is 5.92 Å². The van der Waals surface area contributed by atoms with E-state index in [1.54, 1.807) is 0 Å². The predicted molar refractivity (Wildman–Crippen MR) is 107 cm³/mol. The van der Waals surface area contributed by atoms with Crippen molar-refractivity contribution < 1.29 is 4.79 Å². The molecule has 0 saturated carbocycles. The summed E-state index contributed by atoms with van der Waals surface area (Å²) in [5.74, 6) is 1.10. The van der Waals surface area contributed by atoms with E-state index in [1.807, 2.05) is 0 Å². The quantitative estimate of drug-likeness (QED) is 0.812. The van der Waals surface area contributed by atoms with Crippen molar-refractivity contribution in [2.45, 2.75) is 58.0 Å². The van der Waals surface area contributed by atoms with Crippen molar-refractivity contribution in [1.82, 2.24) is 15.1 Å². The van der Waals surface area contributed by atoms with Crippen molar-refractivity contribution in [2.75, 3.05) is 32.7 Å². The lowest BCUT2D eigenvalue weighted by Gasteiger charge is -2.30. The fraction of sp³-hybridized carbons (Fsp3) is 0.682. The number of hydrogen-bond acceptors (Lipinski definition) is 3. The molecule has 2 saturated heterocycles. The smallest absolute Gasteiger partial charge is 0.222 e. The van der Waals surface area contributed by atoms with Crippen molar-refractivity contribution in [3.05, 3.63) is 35.9 Å². The number of rotatable bonds is 7. The Morgan fingerprint density at radius 1 is 1.23 bits per heavy atom. The van der Waals surface area contributed by atoms with E-state index in [2.05, 4.69) is 59.3 Å². The molecule has 26 heavy (non-hydrogen) atoms. The molecule has 0 aliphatic carbocycles. The van der Waals surface area contributed by atoms with Gasteiger partial charge in [0, 0.05) is 38.1 Å². The normalized spacial score (nSPS) is 23.1. The maximum absolute atomic E-state index is 12.8. The Labute approximate surface area is 158 Å². The largest absolute Gasteiger partial charge is 0.339 e. The van der Waals surface area contributed by atoms with E-state index in [1.165, 1.54) is 18.4 Å². The first-order valence-electron chi connectivity index (χ1n) is 10.5. The maximum atomic E-state index is 12.8. The molecule has 1 aromatic carbocycles. The Kier molecular flexibility index (Phi) is 7.09. The van der Waals surface area contributed by atoms with Crippen LogP contribution in [0.15, 0.2) is 30.3 Å². The van der Waals surface area contributed by atoms with Gasteiger partial charge in [-0.15, -0.1) is 0 Å². The molecule has 0 spiro atoms. The Morgan fingerprint density at radius 3 is 2.65 bits per heavy atom. The van der Waals surface area contributed by atoms with Gasteiger partial charge in [0.15, 0.2) is 0 Å². The van der Waals surface area contributed by atoms with Crippen molar-refractivity contribution >= 4 is 5.91 Å². The molecule has 2 atom stereocenters. The molecule has 1 aromatic rings. The number of carbonyl (C=O) groups excluding carboxylic acids is 1. The van der Waals surface area contributed by atoms with Crippen molar-refractivity contribution in [1.29, 1.82) is 0 Å².